The Morgan fingerprint density at radius 3 is 3.06 bits per heavy atom. The highest BCUT2D eigenvalue weighted by molar-refractivity contribution is 5.97. The lowest BCUT2D eigenvalue weighted by Gasteiger charge is -2.27. The fourth-order valence-electron chi connectivity index (χ4n) is 2.62. The van der Waals surface area contributed by atoms with E-state index in [2.05, 4.69) is 22.8 Å². The van der Waals surface area contributed by atoms with Crippen molar-refractivity contribution in [1.29, 1.82) is 0 Å². The number of rotatable bonds is 1. The van der Waals surface area contributed by atoms with Crippen molar-refractivity contribution in [3.63, 3.8) is 0 Å². The van der Waals surface area contributed by atoms with Gasteiger partial charge >= 0.3 is 0 Å². The lowest BCUT2D eigenvalue weighted by molar-refractivity contribution is -0.122. The molecule has 4 nitrogen and oxygen atoms in total. The van der Waals surface area contributed by atoms with Gasteiger partial charge in [-0.15, -0.1) is 0 Å². The molecule has 0 bridgehead atoms. The number of carbonyl (C=O) groups is 1. The van der Waals surface area contributed by atoms with Gasteiger partial charge in [0.2, 0.25) is 0 Å². The quantitative estimate of drug-likeness (QED) is 0.795. The monoisotopic (exact) mass is 246 g/mol. The predicted molar refractivity (Wildman–Crippen MR) is 70.0 cm³/mol. The molecule has 96 valence electrons. The van der Waals surface area contributed by atoms with Crippen molar-refractivity contribution in [3.8, 4) is 5.75 Å². The van der Waals surface area contributed by atoms with Crippen LogP contribution < -0.4 is 15.4 Å². The van der Waals surface area contributed by atoms with Gasteiger partial charge in [0, 0.05) is 6.54 Å². The fourth-order valence-corrected chi connectivity index (χ4v) is 2.62. The van der Waals surface area contributed by atoms with Crippen molar-refractivity contribution < 1.29 is 9.53 Å². The number of ether oxygens (including phenoxy) is 1. The molecule has 1 amide bonds. The van der Waals surface area contributed by atoms with Crippen LogP contribution >= 0.6 is 0 Å². The van der Waals surface area contributed by atoms with E-state index in [0.717, 1.165) is 24.5 Å². The van der Waals surface area contributed by atoms with Gasteiger partial charge in [-0.2, -0.15) is 0 Å². The van der Waals surface area contributed by atoms with E-state index < -0.39 is 6.10 Å². The third-order valence-corrected chi connectivity index (χ3v) is 3.70. The molecule has 2 aliphatic heterocycles. The van der Waals surface area contributed by atoms with Crippen LogP contribution in [0.3, 0.4) is 0 Å². The average Bonchev–Trinajstić information content (AvgIpc) is 2.41. The van der Waals surface area contributed by atoms with Crippen LogP contribution in [0.25, 0.3) is 0 Å². The first kappa shape index (κ1) is 11.5. The minimum absolute atomic E-state index is 0.0681. The summed E-state index contributed by atoms with van der Waals surface area (Å²) in [7, 11) is 0. The summed E-state index contributed by atoms with van der Waals surface area (Å²) in [6, 6.07) is 6.13. The van der Waals surface area contributed by atoms with Crippen LogP contribution in [0, 0.1) is 0 Å². The summed E-state index contributed by atoms with van der Waals surface area (Å²) in [4.78, 5) is 11.6. The highest BCUT2D eigenvalue weighted by Gasteiger charge is 2.24. The van der Waals surface area contributed by atoms with Crippen molar-refractivity contribution in [2.75, 3.05) is 18.4 Å². The highest BCUT2D eigenvalue weighted by Crippen LogP contribution is 2.34. The van der Waals surface area contributed by atoms with Crippen molar-refractivity contribution in [2.45, 2.75) is 31.8 Å². The molecule has 2 atom stereocenters. The number of hydrogen-bond acceptors (Lipinski definition) is 3. The lowest BCUT2D eigenvalue weighted by atomic mass is 9.91. The zero-order valence-electron chi connectivity index (χ0n) is 10.5. The van der Waals surface area contributed by atoms with E-state index in [1.165, 1.54) is 18.4 Å². The van der Waals surface area contributed by atoms with Crippen LogP contribution in [0.15, 0.2) is 18.2 Å². The summed E-state index contributed by atoms with van der Waals surface area (Å²) in [5.74, 6) is 1.25. The molecule has 1 aromatic rings. The number of benzene rings is 1. The molecule has 0 saturated carbocycles. The lowest BCUT2D eigenvalue weighted by Crippen LogP contribution is -2.34. The van der Waals surface area contributed by atoms with Gasteiger partial charge in [-0.05, 0) is 49.9 Å². The Bertz CT molecular complexity index is 467. The van der Waals surface area contributed by atoms with Gasteiger partial charge in [-0.25, -0.2) is 0 Å². The molecule has 1 fully saturated rings. The maximum atomic E-state index is 11.6. The van der Waals surface area contributed by atoms with Crippen molar-refractivity contribution in [1.82, 2.24) is 5.32 Å². The van der Waals surface area contributed by atoms with Gasteiger partial charge in [0.25, 0.3) is 5.91 Å². The van der Waals surface area contributed by atoms with Crippen LogP contribution in [0.5, 0.6) is 5.75 Å². The minimum Gasteiger partial charge on any atom is -0.479 e. The van der Waals surface area contributed by atoms with Gasteiger partial charge < -0.3 is 15.4 Å². The van der Waals surface area contributed by atoms with E-state index in [9.17, 15) is 4.79 Å². The third-order valence-electron chi connectivity index (χ3n) is 3.70. The second-order valence-corrected chi connectivity index (χ2v) is 5.05. The van der Waals surface area contributed by atoms with Gasteiger partial charge in [0.05, 0.1) is 5.69 Å². The van der Waals surface area contributed by atoms with E-state index in [4.69, 9.17) is 4.74 Å². The maximum Gasteiger partial charge on any atom is 0.265 e. The molecule has 1 aromatic carbocycles. The van der Waals surface area contributed by atoms with Gasteiger partial charge in [-0.1, -0.05) is 6.07 Å². The highest BCUT2D eigenvalue weighted by atomic mass is 16.5. The van der Waals surface area contributed by atoms with Crippen LogP contribution in [0.1, 0.15) is 31.2 Å². The standard InChI is InChI=1S/C14H18N2O2/c1-9-14(17)16-12-7-10(4-5-13(12)18-9)11-3-2-6-15-8-11/h4-5,7,9,11,15H,2-3,6,8H2,1H3,(H,16,17). The summed E-state index contributed by atoms with van der Waals surface area (Å²) in [6.45, 7) is 3.89. The third kappa shape index (κ3) is 2.08. The first-order chi connectivity index (χ1) is 8.74. The first-order valence-corrected chi connectivity index (χ1v) is 6.56. The number of carbonyl (C=O) groups excluding carboxylic acids is 1. The van der Waals surface area contributed by atoms with Crippen molar-refractivity contribution >= 4 is 11.6 Å². The Kier molecular flexibility index (Phi) is 2.96. The Morgan fingerprint density at radius 2 is 2.28 bits per heavy atom. The number of hydrogen-bond donors (Lipinski definition) is 2. The van der Waals surface area contributed by atoms with E-state index in [1.54, 1.807) is 6.92 Å². The van der Waals surface area contributed by atoms with Crippen LogP contribution in [0.2, 0.25) is 0 Å². The smallest absolute Gasteiger partial charge is 0.265 e. The molecule has 2 unspecified atom stereocenters. The zero-order valence-corrected chi connectivity index (χ0v) is 10.5. The molecular weight excluding hydrogens is 228 g/mol. The Balaban J connectivity index is 1.86. The normalized spacial score (nSPS) is 27.1. The van der Waals surface area contributed by atoms with E-state index in [1.807, 2.05) is 6.07 Å². The van der Waals surface area contributed by atoms with E-state index >= 15 is 0 Å². The summed E-state index contributed by atoms with van der Waals surface area (Å²) < 4.78 is 5.56. The molecule has 2 aliphatic rings. The molecule has 0 radical (unpaired) electrons. The molecule has 0 spiro atoms. The van der Waals surface area contributed by atoms with Crippen molar-refractivity contribution in [3.05, 3.63) is 23.8 Å². The maximum absolute atomic E-state index is 11.6. The Hall–Kier alpha value is -1.55. The fraction of sp³-hybridized carbons (Fsp3) is 0.500. The zero-order chi connectivity index (χ0) is 12.5. The van der Waals surface area contributed by atoms with Crippen LogP contribution in [-0.2, 0) is 4.79 Å². The second-order valence-electron chi connectivity index (χ2n) is 5.05. The number of nitrogens with one attached hydrogen (secondary N) is 2. The second kappa shape index (κ2) is 4.61. The molecular formula is C14H18N2O2. The Morgan fingerprint density at radius 1 is 1.39 bits per heavy atom. The SMILES string of the molecule is CC1Oc2ccc(C3CCCNC3)cc2NC1=O. The number of fused-ring (bicyclic) bond motifs is 1. The molecule has 3 rings (SSSR count). The van der Waals surface area contributed by atoms with Gasteiger partial charge in [0.15, 0.2) is 6.10 Å². The summed E-state index contributed by atoms with van der Waals surface area (Å²) in [5.41, 5.74) is 2.08. The number of amides is 1. The van der Waals surface area contributed by atoms with Gasteiger partial charge in [-0.3, -0.25) is 4.79 Å². The Labute approximate surface area is 107 Å². The predicted octanol–water partition coefficient (Wildman–Crippen LogP) is 1.87. The number of piperidine rings is 1. The van der Waals surface area contributed by atoms with Crippen LogP contribution in [-0.4, -0.2) is 25.1 Å². The number of anilines is 1. The largest absolute Gasteiger partial charge is 0.479 e. The molecule has 18 heavy (non-hydrogen) atoms. The van der Waals surface area contributed by atoms with E-state index in [0.29, 0.717) is 5.92 Å². The summed E-state index contributed by atoms with van der Waals surface area (Å²) in [5, 5.41) is 6.32. The van der Waals surface area contributed by atoms with Gasteiger partial charge in [0.1, 0.15) is 5.75 Å². The van der Waals surface area contributed by atoms with Crippen molar-refractivity contribution in [2.24, 2.45) is 0 Å². The molecule has 0 aliphatic carbocycles. The van der Waals surface area contributed by atoms with Crippen LogP contribution in [0.4, 0.5) is 5.69 Å². The average molecular weight is 246 g/mol. The molecule has 2 heterocycles. The summed E-state index contributed by atoms with van der Waals surface area (Å²) in [6.07, 6.45) is 2.01. The topological polar surface area (TPSA) is 50.4 Å². The molecule has 1 saturated heterocycles. The molecule has 0 aromatic heterocycles. The minimum atomic E-state index is -0.403. The van der Waals surface area contributed by atoms with E-state index in [-0.39, 0.29) is 5.91 Å². The summed E-state index contributed by atoms with van der Waals surface area (Å²) >= 11 is 0. The first-order valence-electron chi connectivity index (χ1n) is 6.56. The molecule has 4 heteroatoms. The molecule has 2 N–H and O–H groups in total.